The van der Waals surface area contributed by atoms with Crippen LogP contribution in [0.3, 0.4) is 0 Å². The molecule has 1 aromatic carbocycles. The van der Waals surface area contributed by atoms with Gasteiger partial charge in [0.15, 0.2) is 0 Å². The topological polar surface area (TPSA) is 52.6 Å². The van der Waals surface area contributed by atoms with Crippen LogP contribution in [0.4, 0.5) is 0 Å². The Morgan fingerprint density at radius 1 is 1.17 bits per heavy atom. The van der Waals surface area contributed by atoms with E-state index in [1.54, 1.807) is 6.92 Å². The molecule has 0 fully saturated rings. The lowest BCUT2D eigenvalue weighted by molar-refractivity contribution is -0.152. The molecule has 0 saturated heterocycles. The Balaban J connectivity index is 2.57. The van der Waals surface area contributed by atoms with E-state index in [1.807, 2.05) is 31.2 Å². The molecule has 0 amide bonds. The van der Waals surface area contributed by atoms with Crippen molar-refractivity contribution in [1.82, 2.24) is 0 Å². The van der Waals surface area contributed by atoms with E-state index in [9.17, 15) is 9.59 Å². The molecule has 0 bridgehead atoms. The summed E-state index contributed by atoms with van der Waals surface area (Å²) < 4.78 is 10.1. The molecule has 5 heteroatoms. The second kappa shape index (κ2) is 7.76. The van der Waals surface area contributed by atoms with Crippen LogP contribution in [-0.2, 0) is 14.3 Å². The molecule has 0 aliphatic rings. The van der Waals surface area contributed by atoms with Crippen molar-refractivity contribution in [2.24, 2.45) is 0 Å². The number of rotatable bonds is 7. The van der Waals surface area contributed by atoms with Crippen LogP contribution < -0.4 is 4.74 Å². The van der Waals surface area contributed by atoms with Crippen molar-refractivity contribution < 1.29 is 19.1 Å². The Kier molecular flexibility index (Phi) is 6.28. The molecule has 0 saturated carbocycles. The number of hydrogen-bond donors (Lipinski definition) is 0. The molecule has 18 heavy (non-hydrogen) atoms. The highest BCUT2D eigenvalue weighted by atomic mass is 32.2. The van der Waals surface area contributed by atoms with Crippen LogP contribution in [0.2, 0.25) is 0 Å². The maximum Gasteiger partial charge on any atom is 0.375 e. The van der Waals surface area contributed by atoms with Gasteiger partial charge in [-0.3, -0.25) is 4.79 Å². The fraction of sp³-hybridized carbons (Fsp3) is 0.385. The summed E-state index contributed by atoms with van der Waals surface area (Å²) in [6, 6.07) is 7.41. The minimum absolute atomic E-state index is 0.0585. The van der Waals surface area contributed by atoms with Gasteiger partial charge in [0, 0.05) is 4.90 Å². The lowest BCUT2D eigenvalue weighted by Gasteiger charge is -2.08. The first-order valence-electron chi connectivity index (χ1n) is 5.73. The normalized spacial score (nSPS) is 9.89. The Hall–Kier alpha value is -1.49. The first-order valence-corrected chi connectivity index (χ1v) is 6.72. The smallest absolute Gasteiger partial charge is 0.375 e. The molecule has 0 radical (unpaired) electrons. The quantitative estimate of drug-likeness (QED) is 0.431. The monoisotopic (exact) mass is 268 g/mol. The molecule has 0 unspecified atom stereocenters. The lowest BCUT2D eigenvalue weighted by Crippen LogP contribution is -2.19. The Morgan fingerprint density at radius 2 is 1.89 bits per heavy atom. The number of hydrogen-bond acceptors (Lipinski definition) is 5. The summed E-state index contributed by atoms with van der Waals surface area (Å²) in [4.78, 5) is 23.4. The summed E-state index contributed by atoms with van der Waals surface area (Å²) >= 11 is 1.27. The van der Waals surface area contributed by atoms with Gasteiger partial charge in [0.1, 0.15) is 5.75 Å². The average molecular weight is 268 g/mol. The first kappa shape index (κ1) is 14.6. The van der Waals surface area contributed by atoms with E-state index < -0.39 is 11.8 Å². The maximum atomic E-state index is 11.4. The van der Waals surface area contributed by atoms with Gasteiger partial charge in [0.2, 0.25) is 5.78 Å². The van der Waals surface area contributed by atoms with Crippen LogP contribution in [0, 0.1) is 0 Å². The molecular weight excluding hydrogens is 252 g/mol. The third-order valence-corrected chi connectivity index (χ3v) is 3.07. The number of carbonyl (C=O) groups excluding carboxylic acids is 2. The number of benzene rings is 1. The van der Waals surface area contributed by atoms with Gasteiger partial charge in [-0.25, -0.2) is 4.79 Å². The SMILES string of the molecule is CCOC(=O)C(=O)CSc1ccccc1OCC. The van der Waals surface area contributed by atoms with E-state index in [0.29, 0.717) is 6.61 Å². The number of carbonyl (C=O) groups is 2. The van der Waals surface area contributed by atoms with Crippen molar-refractivity contribution in [3.05, 3.63) is 24.3 Å². The second-order valence-corrected chi connectivity index (χ2v) is 4.33. The van der Waals surface area contributed by atoms with E-state index in [1.165, 1.54) is 11.8 Å². The zero-order valence-electron chi connectivity index (χ0n) is 10.5. The van der Waals surface area contributed by atoms with Gasteiger partial charge >= 0.3 is 5.97 Å². The molecule has 0 N–H and O–H groups in total. The summed E-state index contributed by atoms with van der Waals surface area (Å²) in [6.07, 6.45) is 0. The van der Waals surface area contributed by atoms with E-state index in [0.717, 1.165) is 10.6 Å². The summed E-state index contributed by atoms with van der Waals surface area (Å²) in [6.45, 7) is 4.34. The van der Waals surface area contributed by atoms with E-state index in [-0.39, 0.29) is 12.4 Å². The molecule has 0 heterocycles. The average Bonchev–Trinajstić information content (AvgIpc) is 2.38. The summed E-state index contributed by atoms with van der Waals surface area (Å²) in [5, 5.41) is 0. The van der Waals surface area contributed by atoms with Crippen molar-refractivity contribution in [3.63, 3.8) is 0 Å². The molecule has 0 atom stereocenters. The van der Waals surface area contributed by atoms with Crippen molar-refractivity contribution in [3.8, 4) is 5.75 Å². The third kappa shape index (κ3) is 4.41. The number of thioether (sulfide) groups is 1. The number of ketones is 1. The molecule has 0 aliphatic heterocycles. The van der Waals surface area contributed by atoms with Gasteiger partial charge in [0.05, 0.1) is 19.0 Å². The van der Waals surface area contributed by atoms with Gasteiger partial charge in [-0.1, -0.05) is 12.1 Å². The fourth-order valence-electron chi connectivity index (χ4n) is 1.26. The standard InChI is InChI=1S/C13H16O4S/c1-3-16-11-7-5-6-8-12(11)18-9-10(14)13(15)17-4-2/h5-8H,3-4,9H2,1-2H3. The third-order valence-electron chi connectivity index (χ3n) is 2.01. The largest absolute Gasteiger partial charge is 0.493 e. The Morgan fingerprint density at radius 3 is 2.56 bits per heavy atom. The van der Waals surface area contributed by atoms with Crippen molar-refractivity contribution >= 4 is 23.5 Å². The number of para-hydroxylation sites is 1. The summed E-state index contributed by atoms with van der Waals surface area (Å²) in [7, 11) is 0. The minimum atomic E-state index is -0.779. The fourth-order valence-corrected chi connectivity index (χ4v) is 2.11. The van der Waals surface area contributed by atoms with E-state index >= 15 is 0 Å². The van der Waals surface area contributed by atoms with Gasteiger partial charge in [-0.05, 0) is 26.0 Å². The molecule has 1 rings (SSSR count). The minimum Gasteiger partial charge on any atom is -0.493 e. The van der Waals surface area contributed by atoms with E-state index in [2.05, 4.69) is 4.74 Å². The van der Waals surface area contributed by atoms with Gasteiger partial charge < -0.3 is 9.47 Å². The van der Waals surface area contributed by atoms with Gasteiger partial charge in [0.25, 0.3) is 0 Å². The van der Waals surface area contributed by atoms with E-state index in [4.69, 9.17) is 4.74 Å². The van der Waals surface area contributed by atoms with Crippen LogP contribution in [0.15, 0.2) is 29.2 Å². The number of ether oxygens (including phenoxy) is 2. The van der Waals surface area contributed by atoms with Crippen LogP contribution in [-0.4, -0.2) is 30.7 Å². The first-order chi connectivity index (χ1) is 8.69. The van der Waals surface area contributed by atoms with Gasteiger partial charge in [-0.2, -0.15) is 0 Å². The maximum absolute atomic E-state index is 11.4. The molecule has 1 aromatic rings. The van der Waals surface area contributed by atoms with Crippen molar-refractivity contribution in [1.29, 1.82) is 0 Å². The van der Waals surface area contributed by atoms with Gasteiger partial charge in [-0.15, -0.1) is 11.8 Å². The number of Topliss-reactive ketones (excluding diaryl/α,β-unsaturated/α-hetero) is 1. The Labute approximate surface area is 111 Å². The molecule has 0 aliphatic carbocycles. The van der Waals surface area contributed by atoms with Crippen LogP contribution in [0.25, 0.3) is 0 Å². The lowest BCUT2D eigenvalue weighted by atomic mass is 10.3. The molecule has 4 nitrogen and oxygen atoms in total. The zero-order valence-corrected chi connectivity index (χ0v) is 11.3. The highest BCUT2D eigenvalue weighted by Crippen LogP contribution is 2.28. The predicted octanol–water partition coefficient (Wildman–Crippen LogP) is 2.31. The second-order valence-electron chi connectivity index (χ2n) is 3.31. The molecule has 0 spiro atoms. The highest BCUT2D eigenvalue weighted by molar-refractivity contribution is 8.00. The predicted molar refractivity (Wildman–Crippen MR) is 70.0 cm³/mol. The number of esters is 1. The zero-order chi connectivity index (χ0) is 13.4. The van der Waals surface area contributed by atoms with Crippen molar-refractivity contribution in [2.75, 3.05) is 19.0 Å². The Bertz CT molecular complexity index is 417. The summed E-state index contributed by atoms with van der Waals surface area (Å²) in [5.74, 6) is -0.531. The summed E-state index contributed by atoms with van der Waals surface area (Å²) in [5.41, 5.74) is 0. The van der Waals surface area contributed by atoms with Crippen LogP contribution >= 0.6 is 11.8 Å². The molecule has 98 valence electrons. The molecule has 0 aromatic heterocycles. The molecular formula is C13H16O4S. The highest BCUT2D eigenvalue weighted by Gasteiger charge is 2.15. The van der Waals surface area contributed by atoms with Crippen molar-refractivity contribution in [2.45, 2.75) is 18.7 Å². The van der Waals surface area contributed by atoms with Crippen LogP contribution in [0.5, 0.6) is 5.75 Å². The van der Waals surface area contributed by atoms with Crippen LogP contribution in [0.1, 0.15) is 13.8 Å².